The van der Waals surface area contributed by atoms with E-state index < -0.39 is 0 Å². The van der Waals surface area contributed by atoms with Crippen molar-refractivity contribution in [2.75, 3.05) is 0 Å². The third-order valence-electron chi connectivity index (χ3n) is 9.98. The Balaban J connectivity index is 1.10. The number of hydrogen-bond acceptors (Lipinski definition) is 3. The van der Waals surface area contributed by atoms with Crippen LogP contribution in [0.5, 0.6) is 0 Å². The lowest BCUT2D eigenvalue weighted by Crippen LogP contribution is -1.98. The summed E-state index contributed by atoms with van der Waals surface area (Å²) in [5.74, 6) is 0.762. The topological polar surface area (TPSA) is 48.8 Å². The molecule has 0 saturated carbocycles. The molecule has 5 nitrogen and oxygen atoms in total. The number of para-hydroxylation sites is 3. The van der Waals surface area contributed by atoms with E-state index in [1.54, 1.807) is 0 Å². The minimum atomic E-state index is 0.544. The predicted molar refractivity (Wildman–Crippen MR) is 201 cm³/mol. The number of fused-ring (bicyclic) bond motifs is 11. The summed E-state index contributed by atoms with van der Waals surface area (Å²) in [6.45, 7) is 0. The Morgan fingerprint density at radius 2 is 1.04 bits per heavy atom. The zero-order valence-electron chi connectivity index (χ0n) is 26.2. The van der Waals surface area contributed by atoms with E-state index >= 15 is 0 Å². The average Bonchev–Trinajstić information content (AvgIpc) is 3.82. The van der Waals surface area contributed by atoms with Crippen molar-refractivity contribution in [3.63, 3.8) is 0 Å². The molecule has 0 unspecified atom stereocenters. The molecule has 11 aromatic rings. The Morgan fingerprint density at radius 3 is 1.78 bits per heavy atom. The van der Waals surface area contributed by atoms with Gasteiger partial charge in [0, 0.05) is 38.0 Å². The second-order valence-corrected chi connectivity index (χ2v) is 12.7. The van der Waals surface area contributed by atoms with Gasteiger partial charge in [0.2, 0.25) is 5.71 Å². The molecule has 228 valence electrons. The van der Waals surface area contributed by atoms with Gasteiger partial charge in [0.05, 0.1) is 28.3 Å². The number of benzene rings is 7. The fraction of sp³-hybridized carbons (Fsp3) is 0. The molecule has 0 bridgehead atoms. The van der Waals surface area contributed by atoms with E-state index in [-0.39, 0.29) is 0 Å². The van der Waals surface area contributed by atoms with Gasteiger partial charge in [-0.1, -0.05) is 97.1 Å². The summed E-state index contributed by atoms with van der Waals surface area (Å²) in [7, 11) is 0. The predicted octanol–water partition coefficient (Wildman–Crippen LogP) is 11.4. The molecule has 0 aliphatic carbocycles. The van der Waals surface area contributed by atoms with Gasteiger partial charge in [-0.15, -0.1) is 0 Å². The lowest BCUT2D eigenvalue weighted by atomic mass is 10.0. The van der Waals surface area contributed by atoms with Gasteiger partial charge in [0.15, 0.2) is 5.82 Å². The fourth-order valence-electron chi connectivity index (χ4n) is 7.77. The highest BCUT2D eigenvalue weighted by Gasteiger charge is 2.19. The first-order chi connectivity index (χ1) is 24.3. The molecule has 0 aliphatic heterocycles. The van der Waals surface area contributed by atoms with Crippen LogP contribution in [0.2, 0.25) is 0 Å². The first-order valence-electron chi connectivity index (χ1n) is 16.5. The molecule has 7 aromatic carbocycles. The molecule has 0 amide bonds. The van der Waals surface area contributed by atoms with Gasteiger partial charge >= 0.3 is 0 Å². The molecule has 0 N–H and O–H groups in total. The SMILES string of the molecule is c1ccc(-n2c3ccccc3c3cc(-c4ccc5c(c4)c4ccccc4n5-c4cnc5oc6c7ccccc7ccc6c5n4)ccc32)cc1. The van der Waals surface area contributed by atoms with Crippen LogP contribution in [0.25, 0.3) is 99.2 Å². The molecule has 0 spiro atoms. The molecule has 0 radical (unpaired) electrons. The van der Waals surface area contributed by atoms with Crippen molar-refractivity contribution >= 4 is 76.6 Å². The summed E-state index contributed by atoms with van der Waals surface area (Å²) in [5, 5.41) is 7.99. The number of aromatic nitrogens is 4. The normalized spacial score (nSPS) is 12.1. The molecule has 11 rings (SSSR count). The van der Waals surface area contributed by atoms with Gasteiger partial charge in [0.1, 0.15) is 11.1 Å². The van der Waals surface area contributed by atoms with Crippen molar-refractivity contribution in [3.8, 4) is 22.6 Å². The van der Waals surface area contributed by atoms with Crippen LogP contribution in [-0.4, -0.2) is 19.1 Å². The average molecular weight is 627 g/mol. The van der Waals surface area contributed by atoms with E-state index in [1.165, 1.54) is 43.7 Å². The first-order valence-corrected chi connectivity index (χ1v) is 16.5. The highest BCUT2D eigenvalue weighted by molar-refractivity contribution is 6.14. The summed E-state index contributed by atoms with van der Waals surface area (Å²) in [4.78, 5) is 9.97. The van der Waals surface area contributed by atoms with Crippen molar-refractivity contribution in [1.29, 1.82) is 0 Å². The zero-order chi connectivity index (χ0) is 32.1. The van der Waals surface area contributed by atoms with Crippen LogP contribution in [0.3, 0.4) is 0 Å². The fourth-order valence-corrected chi connectivity index (χ4v) is 7.77. The Kier molecular flexibility index (Phi) is 5.32. The molecule has 0 aliphatic rings. The van der Waals surface area contributed by atoms with Crippen molar-refractivity contribution in [1.82, 2.24) is 19.1 Å². The van der Waals surface area contributed by atoms with E-state index in [2.05, 4.69) is 149 Å². The molecule has 4 heterocycles. The maximum absolute atomic E-state index is 6.28. The summed E-state index contributed by atoms with van der Waals surface area (Å²) in [6, 6.07) is 53.9. The largest absolute Gasteiger partial charge is 0.436 e. The summed E-state index contributed by atoms with van der Waals surface area (Å²) >= 11 is 0. The van der Waals surface area contributed by atoms with Crippen molar-refractivity contribution < 1.29 is 4.42 Å². The number of nitrogens with zero attached hydrogens (tertiary/aromatic N) is 4. The molecular weight excluding hydrogens is 601 g/mol. The second kappa shape index (κ2) is 9.89. The molecule has 49 heavy (non-hydrogen) atoms. The third-order valence-corrected chi connectivity index (χ3v) is 9.98. The van der Waals surface area contributed by atoms with Crippen molar-refractivity contribution in [2.45, 2.75) is 0 Å². The number of furan rings is 1. The maximum atomic E-state index is 6.28. The maximum Gasteiger partial charge on any atom is 0.246 e. The summed E-state index contributed by atoms with van der Waals surface area (Å²) in [5.41, 5.74) is 10.2. The van der Waals surface area contributed by atoms with Crippen LogP contribution >= 0.6 is 0 Å². The Hall–Kier alpha value is -6.72. The zero-order valence-corrected chi connectivity index (χ0v) is 26.2. The molecule has 0 saturated heterocycles. The van der Waals surface area contributed by atoms with Crippen LogP contribution in [-0.2, 0) is 0 Å². The smallest absolute Gasteiger partial charge is 0.246 e. The summed E-state index contributed by atoms with van der Waals surface area (Å²) in [6.07, 6.45) is 1.82. The van der Waals surface area contributed by atoms with Crippen LogP contribution < -0.4 is 0 Å². The van der Waals surface area contributed by atoms with Gasteiger partial charge in [-0.05, 0) is 71.1 Å². The lowest BCUT2D eigenvalue weighted by molar-refractivity contribution is 0.656. The Bertz CT molecular complexity index is 3110. The van der Waals surface area contributed by atoms with Gasteiger partial charge in [0.25, 0.3) is 0 Å². The molecule has 0 fully saturated rings. The monoisotopic (exact) mass is 626 g/mol. The van der Waals surface area contributed by atoms with Crippen molar-refractivity contribution in [3.05, 3.63) is 158 Å². The van der Waals surface area contributed by atoms with Crippen LogP contribution in [0.4, 0.5) is 0 Å². The van der Waals surface area contributed by atoms with Gasteiger partial charge in [-0.3, -0.25) is 4.57 Å². The van der Waals surface area contributed by atoms with E-state index in [4.69, 9.17) is 14.4 Å². The van der Waals surface area contributed by atoms with Crippen LogP contribution in [0.1, 0.15) is 0 Å². The quantitative estimate of drug-likeness (QED) is 0.196. The molecule has 0 atom stereocenters. The van der Waals surface area contributed by atoms with Gasteiger partial charge in [-0.25, -0.2) is 9.97 Å². The highest BCUT2D eigenvalue weighted by atomic mass is 16.3. The van der Waals surface area contributed by atoms with Crippen LogP contribution in [0, 0.1) is 0 Å². The third kappa shape index (κ3) is 3.75. The van der Waals surface area contributed by atoms with E-state index in [0.717, 1.165) is 49.8 Å². The van der Waals surface area contributed by atoms with Crippen LogP contribution in [0.15, 0.2) is 162 Å². The van der Waals surface area contributed by atoms with E-state index in [0.29, 0.717) is 5.71 Å². The summed E-state index contributed by atoms with van der Waals surface area (Å²) < 4.78 is 10.9. The standard InChI is InChI=1S/C44H26N4O/c1-2-11-30(12-3-1)47-37-16-8-6-14-32(37)35-24-28(19-22-39(35)47)29-20-23-40-36(25-29)33-15-7-9-17-38(33)48(40)41-26-45-44-42(46-41)34-21-18-27-10-4-5-13-31(27)43(34)49-44/h1-26H. The molecule has 5 heteroatoms. The molecule has 4 aromatic heterocycles. The Morgan fingerprint density at radius 1 is 0.449 bits per heavy atom. The number of rotatable bonds is 3. The first kappa shape index (κ1) is 26.4. The minimum Gasteiger partial charge on any atom is -0.436 e. The highest BCUT2D eigenvalue weighted by Crippen LogP contribution is 2.39. The minimum absolute atomic E-state index is 0.544. The van der Waals surface area contributed by atoms with Gasteiger partial charge in [-0.2, -0.15) is 0 Å². The van der Waals surface area contributed by atoms with E-state index in [1.807, 2.05) is 18.3 Å². The van der Waals surface area contributed by atoms with Gasteiger partial charge < -0.3 is 8.98 Å². The van der Waals surface area contributed by atoms with Crippen molar-refractivity contribution in [2.24, 2.45) is 0 Å². The number of hydrogen-bond donors (Lipinski definition) is 0. The lowest BCUT2D eigenvalue weighted by Gasteiger charge is -2.09. The van der Waals surface area contributed by atoms with E-state index in [9.17, 15) is 0 Å². The molecular formula is C44H26N4O. The Labute approximate surface area is 279 Å². The second-order valence-electron chi connectivity index (χ2n) is 12.7.